The molecule has 0 aromatic carbocycles. The number of anilines is 1. The highest BCUT2D eigenvalue weighted by Gasteiger charge is 2.37. The van der Waals surface area contributed by atoms with E-state index in [9.17, 15) is 13.2 Å². The third-order valence-electron chi connectivity index (χ3n) is 5.36. The number of rotatable bonds is 6. The molecule has 2 fully saturated rings. The Morgan fingerprint density at radius 3 is 2.50 bits per heavy atom. The molecule has 0 bridgehead atoms. The molecule has 0 saturated carbocycles. The van der Waals surface area contributed by atoms with Crippen LogP contribution in [0.1, 0.15) is 39.0 Å². The fourth-order valence-electron chi connectivity index (χ4n) is 3.84. The van der Waals surface area contributed by atoms with Crippen molar-refractivity contribution < 1.29 is 13.2 Å². The molecule has 2 saturated heterocycles. The first kappa shape index (κ1) is 19.1. The lowest BCUT2D eigenvalue weighted by atomic mass is 9.94. The zero-order valence-electron chi connectivity index (χ0n) is 15.4. The summed E-state index contributed by atoms with van der Waals surface area (Å²) in [5.41, 5.74) is 0. The molecule has 3 rings (SSSR count). The summed E-state index contributed by atoms with van der Waals surface area (Å²) in [6, 6.07) is 1.65. The van der Waals surface area contributed by atoms with Crippen molar-refractivity contribution in [3.63, 3.8) is 0 Å². The van der Waals surface area contributed by atoms with Crippen molar-refractivity contribution in [1.29, 1.82) is 0 Å². The number of unbranched alkanes of at least 4 members (excludes halogenated alkanes) is 1. The number of carbonyl (C=O) groups excluding carboxylic acids is 1. The molecule has 0 spiro atoms. The van der Waals surface area contributed by atoms with Gasteiger partial charge in [-0.25, -0.2) is 18.4 Å². The summed E-state index contributed by atoms with van der Waals surface area (Å²) in [7, 11) is -2.99. The first-order chi connectivity index (χ1) is 12.5. The van der Waals surface area contributed by atoms with Gasteiger partial charge in [-0.1, -0.05) is 13.3 Å². The first-order valence-electron chi connectivity index (χ1n) is 9.53. The van der Waals surface area contributed by atoms with Crippen LogP contribution in [0.15, 0.2) is 18.5 Å². The number of nitrogens with zero attached hydrogens (tertiary/aromatic N) is 4. The predicted molar refractivity (Wildman–Crippen MR) is 101 cm³/mol. The Hall–Kier alpha value is -1.70. The van der Waals surface area contributed by atoms with Crippen LogP contribution in [0.25, 0.3) is 0 Å². The highest BCUT2D eigenvalue weighted by atomic mass is 32.2. The standard InChI is InChI=1S/C18H28N4O3S/c1-2-3-10-22(16-7-13-26(24,25)14-16)17(23)15-5-11-21(12-6-15)18-19-8-4-9-20-18/h4,8-9,15-16H,2-3,5-7,10-14H2,1H3. The second kappa shape index (κ2) is 8.33. The Bertz CT molecular complexity index is 702. The summed E-state index contributed by atoms with van der Waals surface area (Å²) >= 11 is 0. The van der Waals surface area contributed by atoms with E-state index < -0.39 is 9.84 Å². The molecule has 0 aliphatic carbocycles. The van der Waals surface area contributed by atoms with E-state index in [1.807, 2.05) is 4.90 Å². The number of sulfone groups is 1. The largest absolute Gasteiger partial charge is 0.341 e. The number of carbonyl (C=O) groups is 1. The minimum Gasteiger partial charge on any atom is -0.341 e. The Kier molecular flexibility index (Phi) is 6.11. The van der Waals surface area contributed by atoms with Gasteiger partial charge in [-0.05, 0) is 31.7 Å². The van der Waals surface area contributed by atoms with Gasteiger partial charge in [0, 0.05) is 44.0 Å². The van der Waals surface area contributed by atoms with Crippen molar-refractivity contribution >= 4 is 21.7 Å². The molecular formula is C18H28N4O3S. The minimum atomic E-state index is -2.99. The predicted octanol–water partition coefficient (Wildman–Crippen LogP) is 1.51. The van der Waals surface area contributed by atoms with Crippen LogP contribution in [-0.2, 0) is 14.6 Å². The SMILES string of the molecule is CCCCN(C(=O)C1CCN(c2ncccn2)CC1)C1CCS(=O)(=O)C1. The monoisotopic (exact) mass is 380 g/mol. The summed E-state index contributed by atoms with van der Waals surface area (Å²) in [6.07, 6.45) is 7.47. The molecule has 1 aromatic heterocycles. The van der Waals surface area contributed by atoms with Crippen LogP contribution in [0, 0.1) is 5.92 Å². The van der Waals surface area contributed by atoms with E-state index in [2.05, 4.69) is 21.8 Å². The lowest BCUT2D eigenvalue weighted by Gasteiger charge is -2.36. The number of hydrogen-bond donors (Lipinski definition) is 0. The molecule has 1 unspecified atom stereocenters. The third kappa shape index (κ3) is 4.52. The molecule has 26 heavy (non-hydrogen) atoms. The summed E-state index contributed by atoms with van der Waals surface area (Å²) in [5.74, 6) is 1.14. The lowest BCUT2D eigenvalue weighted by Crippen LogP contribution is -2.47. The van der Waals surface area contributed by atoms with Gasteiger partial charge in [0.15, 0.2) is 9.84 Å². The van der Waals surface area contributed by atoms with Crippen LogP contribution in [0.2, 0.25) is 0 Å². The molecule has 8 heteroatoms. The molecule has 1 atom stereocenters. The number of aromatic nitrogens is 2. The van der Waals surface area contributed by atoms with Crippen molar-refractivity contribution in [3.8, 4) is 0 Å². The lowest BCUT2D eigenvalue weighted by molar-refractivity contribution is -0.138. The second-order valence-electron chi connectivity index (χ2n) is 7.25. The molecule has 144 valence electrons. The van der Waals surface area contributed by atoms with E-state index in [-0.39, 0.29) is 29.4 Å². The van der Waals surface area contributed by atoms with Crippen molar-refractivity contribution in [3.05, 3.63) is 18.5 Å². The van der Waals surface area contributed by atoms with E-state index in [4.69, 9.17) is 0 Å². The topological polar surface area (TPSA) is 83.5 Å². The van der Waals surface area contributed by atoms with Crippen LogP contribution < -0.4 is 4.90 Å². The Balaban J connectivity index is 1.62. The Morgan fingerprint density at radius 2 is 1.92 bits per heavy atom. The maximum atomic E-state index is 13.1. The average Bonchev–Trinajstić information content (AvgIpc) is 3.02. The van der Waals surface area contributed by atoms with Crippen LogP contribution in [0.4, 0.5) is 5.95 Å². The smallest absolute Gasteiger partial charge is 0.226 e. The fourth-order valence-corrected chi connectivity index (χ4v) is 5.57. The molecule has 1 amide bonds. The van der Waals surface area contributed by atoms with E-state index >= 15 is 0 Å². The zero-order valence-corrected chi connectivity index (χ0v) is 16.2. The molecule has 3 heterocycles. The van der Waals surface area contributed by atoms with Gasteiger partial charge in [0.1, 0.15) is 0 Å². The van der Waals surface area contributed by atoms with E-state index in [0.717, 1.165) is 38.8 Å². The maximum absolute atomic E-state index is 13.1. The van der Waals surface area contributed by atoms with Crippen molar-refractivity contribution in [1.82, 2.24) is 14.9 Å². The average molecular weight is 381 g/mol. The highest BCUT2D eigenvalue weighted by Crippen LogP contribution is 2.26. The van der Waals surface area contributed by atoms with Crippen LogP contribution >= 0.6 is 0 Å². The Labute approximate surface area is 155 Å². The minimum absolute atomic E-state index is 0.0323. The van der Waals surface area contributed by atoms with E-state index in [1.54, 1.807) is 18.5 Å². The fraction of sp³-hybridized carbons (Fsp3) is 0.722. The maximum Gasteiger partial charge on any atom is 0.226 e. The number of amides is 1. The second-order valence-corrected chi connectivity index (χ2v) is 9.48. The third-order valence-corrected chi connectivity index (χ3v) is 7.11. The van der Waals surface area contributed by atoms with Crippen molar-refractivity contribution in [2.24, 2.45) is 5.92 Å². The molecule has 2 aliphatic heterocycles. The molecular weight excluding hydrogens is 352 g/mol. The van der Waals surface area contributed by atoms with Crippen LogP contribution in [0.5, 0.6) is 0 Å². The molecule has 0 radical (unpaired) electrons. The van der Waals surface area contributed by atoms with E-state index in [0.29, 0.717) is 18.9 Å². The van der Waals surface area contributed by atoms with Gasteiger partial charge in [0.25, 0.3) is 0 Å². The van der Waals surface area contributed by atoms with E-state index in [1.165, 1.54) is 0 Å². The normalized spacial score (nSPS) is 23.1. The summed E-state index contributed by atoms with van der Waals surface area (Å²) in [4.78, 5) is 25.7. The van der Waals surface area contributed by atoms with Gasteiger partial charge in [-0.3, -0.25) is 4.79 Å². The van der Waals surface area contributed by atoms with Crippen molar-refractivity contribution in [2.45, 2.75) is 45.1 Å². The van der Waals surface area contributed by atoms with Gasteiger partial charge < -0.3 is 9.80 Å². The van der Waals surface area contributed by atoms with Gasteiger partial charge in [-0.2, -0.15) is 0 Å². The Morgan fingerprint density at radius 1 is 1.23 bits per heavy atom. The number of hydrogen-bond acceptors (Lipinski definition) is 6. The summed E-state index contributed by atoms with van der Waals surface area (Å²) in [6.45, 7) is 4.26. The van der Waals surface area contributed by atoms with Gasteiger partial charge in [0.2, 0.25) is 11.9 Å². The number of piperidine rings is 1. The van der Waals surface area contributed by atoms with Crippen LogP contribution in [-0.4, -0.2) is 66.4 Å². The zero-order chi connectivity index (χ0) is 18.6. The molecule has 2 aliphatic rings. The van der Waals surface area contributed by atoms with Crippen LogP contribution in [0.3, 0.4) is 0 Å². The summed E-state index contributed by atoms with van der Waals surface area (Å²) in [5, 5.41) is 0. The van der Waals surface area contributed by atoms with Gasteiger partial charge in [0.05, 0.1) is 11.5 Å². The highest BCUT2D eigenvalue weighted by molar-refractivity contribution is 7.91. The van der Waals surface area contributed by atoms with Gasteiger partial charge in [-0.15, -0.1) is 0 Å². The molecule has 1 aromatic rings. The summed E-state index contributed by atoms with van der Waals surface area (Å²) < 4.78 is 23.7. The first-order valence-corrected chi connectivity index (χ1v) is 11.3. The quantitative estimate of drug-likeness (QED) is 0.744. The molecule has 0 N–H and O–H groups in total. The van der Waals surface area contributed by atoms with Gasteiger partial charge >= 0.3 is 0 Å². The van der Waals surface area contributed by atoms with Crippen molar-refractivity contribution in [2.75, 3.05) is 36.0 Å². The molecule has 7 nitrogen and oxygen atoms in total.